The molecule has 1 amide bonds. The number of aryl methyl sites for hydroxylation is 1. The fourth-order valence-corrected chi connectivity index (χ4v) is 2.94. The molecular weight excluding hydrogens is 358 g/mol. The summed E-state index contributed by atoms with van der Waals surface area (Å²) in [6, 6.07) is 9.52. The molecule has 9 heteroatoms. The SMILES string of the molecule is COc1ccc(Cn2cc(CNC(=O)c3c(C)nc4ncccn34)nn2)cc1. The predicted octanol–water partition coefficient (Wildman–Crippen LogP) is 1.62. The summed E-state index contributed by atoms with van der Waals surface area (Å²) >= 11 is 0. The molecule has 142 valence electrons. The number of nitrogens with zero attached hydrogens (tertiary/aromatic N) is 6. The van der Waals surface area contributed by atoms with Gasteiger partial charge in [0, 0.05) is 12.4 Å². The van der Waals surface area contributed by atoms with Gasteiger partial charge in [0.1, 0.15) is 17.1 Å². The summed E-state index contributed by atoms with van der Waals surface area (Å²) in [6.07, 6.45) is 5.22. The van der Waals surface area contributed by atoms with E-state index in [0.29, 0.717) is 29.4 Å². The number of rotatable bonds is 6. The number of carbonyl (C=O) groups excluding carboxylic acids is 1. The number of aromatic nitrogens is 6. The lowest BCUT2D eigenvalue weighted by Crippen LogP contribution is -2.25. The Labute approximate surface area is 161 Å². The standard InChI is InChI=1S/C19H19N7O2/c1-13-17(26-9-3-8-20-19(26)22-13)18(27)21-10-15-12-25(24-23-15)11-14-4-6-16(28-2)7-5-14/h3-9,12H,10-11H2,1-2H3,(H,21,27). The first-order valence-corrected chi connectivity index (χ1v) is 8.74. The van der Waals surface area contributed by atoms with Crippen LogP contribution in [0.5, 0.6) is 5.75 Å². The second-order valence-electron chi connectivity index (χ2n) is 6.27. The average molecular weight is 377 g/mol. The van der Waals surface area contributed by atoms with E-state index in [1.54, 1.807) is 41.6 Å². The highest BCUT2D eigenvalue weighted by Crippen LogP contribution is 2.12. The molecule has 1 N–H and O–H groups in total. The quantitative estimate of drug-likeness (QED) is 0.548. The van der Waals surface area contributed by atoms with Crippen LogP contribution in [0.25, 0.3) is 5.78 Å². The molecule has 0 fully saturated rings. The summed E-state index contributed by atoms with van der Waals surface area (Å²) in [5.74, 6) is 1.07. The van der Waals surface area contributed by atoms with E-state index >= 15 is 0 Å². The molecule has 0 aliphatic carbocycles. The smallest absolute Gasteiger partial charge is 0.270 e. The Balaban J connectivity index is 1.41. The zero-order valence-corrected chi connectivity index (χ0v) is 15.5. The van der Waals surface area contributed by atoms with Crippen molar-refractivity contribution in [2.75, 3.05) is 7.11 Å². The molecule has 0 radical (unpaired) electrons. The van der Waals surface area contributed by atoms with Crippen molar-refractivity contribution in [3.05, 3.63) is 71.6 Å². The molecule has 3 heterocycles. The number of imidazole rings is 1. The van der Waals surface area contributed by atoms with Crippen LogP contribution >= 0.6 is 0 Å². The maximum atomic E-state index is 12.6. The number of nitrogens with one attached hydrogen (secondary N) is 1. The highest BCUT2D eigenvalue weighted by atomic mass is 16.5. The number of hydrogen-bond donors (Lipinski definition) is 1. The van der Waals surface area contributed by atoms with Gasteiger partial charge in [-0.2, -0.15) is 0 Å². The first-order valence-electron chi connectivity index (χ1n) is 8.74. The van der Waals surface area contributed by atoms with Crippen molar-refractivity contribution in [3.63, 3.8) is 0 Å². The van der Waals surface area contributed by atoms with E-state index in [0.717, 1.165) is 11.3 Å². The molecule has 0 aliphatic heterocycles. The van der Waals surface area contributed by atoms with Gasteiger partial charge in [-0.25, -0.2) is 14.6 Å². The van der Waals surface area contributed by atoms with E-state index in [1.807, 2.05) is 30.5 Å². The van der Waals surface area contributed by atoms with E-state index < -0.39 is 0 Å². The Kier molecular flexibility index (Phi) is 4.71. The molecule has 0 saturated carbocycles. The number of benzene rings is 1. The Morgan fingerprint density at radius 3 is 2.86 bits per heavy atom. The van der Waals surface area contributed by atoms with Gasteiger partial charge in [-0.15, -0.1) is 5.10 Å². The van der Waals surface area contributed by atoms with Crippen molar-refractivity contribution in [1.29, 1.82) is 0 Å². The van der Waals surface area contributed by atoms with E-state index in [1.165, 1.54) is 0 Å². The van der Waals surface area contributed by atoms with Gasteiger partial charge in [-0.05, 0) is 30.7 Å². The Morgan fingerprint density at radius 1 is 1.25 bits per heavy atom. The lowest BCUT2D eigenvalue weighted by Gasteiger charge is -2.04. The molecule has 4 aromatic rings. The highest BCUT2D eigenvalue weighted by molar-refractivity contribution is 5.94. The number of methoxy groups -OCH3 is 1. The molecule has 28 heavy (non-hydrogen) atoms. The zero-order chi connectivity index (χ0) is 19.5. The molecule has 0 unspecified atom stereocenters. The van der Waals surface area contributed by atoms with Gasteiger partial charge >= 0.3 is 0 Å². The topological polar surface area (TPSA) is 99.2 Å². The normalized spacial score (nSPS) is 10.9. The first kappa shape index (κ1) is 17.7. The molecule has 0 aliphatic rings. The second-order valence-corrected chi connectivity index (χ2v) is 6.27. The van der Waals surface area contributed by atoms with Crippen LogP contribution in [0.4, 0.5) is 0 Å². The van der Waals surface area contributed by atoms with Crippen molar-refractivity contribution in [3.8, 4) is 5.75 Å². The minimum atomic E-state index is -0.234. The van der Waals surface area contributed by atoms with Crippen molar-refractivity contribution < 1.29 is 9.53 Å². The molecule has 0 spiro atoms. The van der Waals surface area contributed by atoms with E-state index in [-0.39, 0.29) is 12.5 Å². The van der Waals surface area contributed by atoms with Crippen LogP contribution in [0, 0.1) is 6.92 Å². The molecule has 4 rings (SSSR count). The second kappa shape index (κ2) is 7.47. The zero-order valence-electron chi connectivity index (χ0n) is 15.5. The van der Waals surface area contributed by atoms with Crippen LogP contribution in [0.15, 0.2) is 48.9 Å². The largest absolute Gasteiger partial charge is 0.497 e. The number of carbonyl (C=O) groups is 1. The molecule has 0 saturated heterocycles. The third-order valence-corrected chi connectivity index (χ3v) is 4.31. The minimum Gasteiger partial charge on any atom is -0.497 e. The lowest BCUT2D eigenvalue weighted by molar-refractivity contribution is 0.0944. The molecule has 1 aromatic carbocycles. The van der Waals surface area contributed by atoms with Gasteiger partial charge in [0.15, 0.2) is 0 Å². The van der Waals surface area contributed by atoms with E-state index in [2.05, 4.69) is 25.6 Å². The summed E-state index contributed by atoms with van der Waals surface area (Å²) in [5.41, 5.74) is 2.84. The summed E-state index contributed by atoms with van der Waals surface area (Å²) < 4.78 is 8.56. The predicted molar refractivity (Wildman–Crippen MR) is 101 cm³/mol. The van der Waals surface area contributed by atoms with Crippen LogP contribution in [0.2, 0.25) is 0 Å². The lowest BCUT2D eigenvalue weighted by atomic mass is 10.2. The molecule has 0 atom stereocenters. The minimum absolute atomic E-state index is 0.234. The highest BCUT2D eigenvalue weighted by Gasteiger charge is 2.17. The number of fused-ring (bicyclic) bond motifs is 1. The Hall–Kier alpha value is -3.75. The fourth-order valence-electron chi connectivity index (χ4n) is 2.94. The number of amides is 1. The number of hydrogen-bond acceptors (Lipinski definition) is 6. The summed E-state index contributed by atoms with van der Waals surface area (Å²) in [5, 5.41) is 11.1. The van der Waals surface area contributed by atoms with Crippen molar-refractivity contribution >= 4 is 11.7 Å². The van der Waals surface area contributed by atoms with Crippen molar-refractivity contribution in [2.24, 2.45) is 0 Å². The van der Waals surface area contributed by atoms with Gasteiger partial charge in [-0.3, -0.25) is 9.20 Å². The molecule has 9 nitrogen and oxygen atoms in total. The van der Waals surface area contributed by atoms with E-state index in [4.69, 9.17) is 4.74 Å². The van der Waals surface area contributed by atoms with Gasteiger partial charge in [-0.1, -0.05) is 17.3 Å². The van der Waals surface area contributed by atoms with Gasteiger partial charge in [0.25, 0.3) is 5.91 Å². The Bertz CT molecular complexity index is 1110. The van der Waals surface area contributed by atoms with Crippen LogP contribution in [0.1, 0.15) is 27.4 Å². The average Bonchev–Trinajstić information content (AvgIpc) is 3.29. The van der Waals surface area contributed by atoms with Crippen LogP contribution in [-0.2, 0) is 13.1 Å². The van der Waals surface area contributed by atoms with Gasteiger partial charge in [0.2, 0.25) is 5.78 Å². The third kappa shape index (κ3) is 3.54. The van der Waals surface area contributed by atoms with Crippen molar-refractivity contribution in [2.45, 2.75) is 20.0 Å². The molecular formula is C19H19N7O2. The summed E-state index contributed by atoms with van der Waals surface area (Å²) in [7, 11) is 1.64. The molecule has 0 bridgehead atoms. The van der Waals surface area contributed by atoms with Crippen LogP contribution in [-0.4, -0.2) is 42.4 Å². The van der Waals surface area contributed by atoms with Crippen molar-refractivity contribution in [1.82, 2.24) is 34.7 Å². The van der Waals surface area contributed by atoms with Crippen LogP contribution in [0.3, 0.4) is 0 Å². The summed E-state index contributed by atoms with van der Waals surface area (Å²) in [4.78, 5) is 21.1. The van der Waals surface area contributed by atoms with Gasteiger partial charge in [0.05, 0.1) is 32.1 Å². The maximum Gasteiger partial charge on any atom is 0.270 e. The monoisotopic (exact) mass is 377 g/mol. The third-order valence-electron chi connectivity index (χ3n) is 4.31. The first-order chi connectivity index (χ1) is 13.6. The fraction of sp³-hybridized carbons (Fsp3) is 0.211. The summed E-state index contributed by atoms with van der Waals surface area (Å²) in [6.45, 7) is 2.64. The van der Waals surface area contributed by atoms with E-state index in [9.17, 15) is 4.79 Å². The van der Waals surface area contributed by atoms with Crippen LogP contribution < -0.4 is 10.1 Å². The van der Waals surface area contributed by atoms with Gasteiger partial charge < -0.3 is 10.1 Å². The maximum absolute atomic E-state index is 12.6. The molecule has 3 aromatic heterocycles. The number of ether oxygens (including phenoxy) is 1. The Morgan fingerprint density at radius 2 is 2.07 bits per heavy atom.